The molecule has 5 fully saturated rings. The summed E-state index contributed by atoms with van der Waals surface area (Å²) in [5.41, 5.74) is 3.86. The van der Waals surface area contributed by atoms with Crippen molar-refractivity contribution in [3.8, 4) is 5.75 Å². The molecule has 1 aliphatic carbocycles. The molecule has 2 N–H and O–H groups in total. The third kappa shape index (κ3) is 8.63. The fourth-order valence-electron chi connectivity index (χ4n) is 10.1. The lowest BCUT2D eigenvalue weighted by molar-refractivity contribution is -0.189. The number of aromatic hydroxyl groups is 1. The van der Waals surface area contributed by atoms with Crippen LogP contribution in [-0.4, -0.2) is 151 Å². The number of phenols is 1. The fourth-order valence-corrected chi connectivity index (χ4v) is 10.1. The predicted octanol–water partition coefficient (Wildman–Crippen LogP) is 3.78. The topological polar surface area (TPSA) is 145 Å². The Morgan fingerprint density at radius 2 is 1.57 bits per heavy atom. The number of hydrazine groups is 1. The van der Waals surface area contributed by atoms with Crippen LogP contribution < -0.4 is 5.32 Å². The minimum atomic E-state index is -0.942. The lowest BCUT2D eigenvalue weighted by Crippen LogP contribution is -2.76. The number of aryl methyl sites for hydroxylation is 1. The number of carbonyl (C=O) groups excluding carboxylic acids is 5. The van der Waals surface area contributed by atoms with Gasteiger partial charge in [-0.15, -0.1) is 6.58 Å². The van der Waals surface area contributed by atoms with Crippen LogP contribution in [0.4, 0.5) is 4.79 Å². The van der Waals surface area contributed by atoms with Gasteiger partial charge in [0.15, 0.2) is 0 Å². The predicted molar refractivity (Wildman–Crippen MR) is 237 cm³/mol. The van der Waals surface area contributed by atoms with Crippen molar-refractivity contribution in [2.75, 3.05) is 58.9 Å². The quantitative estimate of drug-likeness (QED) is 0.217. The van der Waals surface area contributed by atoms with Gasteiger partial charge in [-0.3, -0.25) is 24.1 Å². The number of piperazine rings is 2. The highest BCUT2D eigenvalue weighted by Gasteiger charge is 2.51. The number of piperidine rings is 1. The Morgan fingerprint density at radius 1 is 0.841 bits per heavy atom. The number of amides is 6. The molecule has 0 spiro atoms. The zero-order chi connectivity index (χ0) is 43.8. The highest BCUT2D eigenvalue weighted by Crippen LogP contribution is 2.33. The number of hydrogen-bond donors (Lipinski definition) is 2. The van der Waals surface area contributed by atoms with Gasteiger partial charge in [0.1, 0.15) is 18.0 Å². The summed E-state index contributed by atoms with van der Waals surface area (Å²) in [6.45, 7) is 8.94. The van der Waals surface area contributed by atoms with E-state index < -0.39 is 18.2 Å². The first kappa shape index (κ1) is 42.1. The Bertz CT molecular complexity index is 2370. The molecule has 2 atom stereocenters. The van der Waals surface area contributed by atoms with Crippen molar-refractivity contribution in [2.24, 2.45) is 13.0 Å². The molecule has 3 aromatic carbocycles. The Labute approximate surface area is 368 Å². The van der Waals surface area contributed by atoms with Crippen LogP contribution in [0, 0.1) is 5.92 Å². The zero-order valence-electron chi connectivity index (χ0n) is 36.0. The van der Waals surface area contributed by atoms with Crippen LogP contribution in [0.15, 0.2) is 91.6 Å². The second-order valence-electron chi connectivity index (χ2n) is 17.6. The van der Waals surface area contributed by atoms with Crippen LogP contribution in [0.25, 0.3) is 10.9 Å². The van der Waals surface area contributed by atoms with Gasteiger partial charge in [0.25, 0.3) is 5.91 Å². The van der Waals surface area contributed by atoms with E-state index in [1.165, 1.54) is 12.8 Å². The molecule has 5 heterocycles. The van der Waals surface area contributed by atoms with E-state index in [4.69, 9.17) is 0 Å². The molecule has 15 nitrogen and oxygen atoms in total. The van der Waals surface area contributed by atoms with Crippen LogP contribution in [0.2, 0.25) is 0 Å². The Balaban J connectivity index is 0.955. The van der Waals surface area contributed by atoms with Crippen molar-refractivity contribution in [2.45, 2.75) is 63.4 Å². The molecule has 0 bridgehead atoms. The summed E-state index contributed by atoms with van der Waals surface area (Å²) < 4.78 is 1.93. The van der Waals surface area contributed by atoms with Gasteiger partial charge in [0.2, 0.25) is 17.7 Å². The van der Waals surface area contributed by atoms with Crippen LogP contribution in [0.3, 0.4) is 0 Å². The number of para-hydroxylation sites is 1. The van der Waals surface area contributed by atoms with E-state index in [0.29, 0.717) is 37.5 Å². The summed E-state index contributed by atoms with van der Waals surface area (Å²) >= 11 is 0. The van der Waals surface area contributed by atoms with Crippen molar-refractivity contribution < 1.29 is 29.1 Å². The molecule has 0 unspecified atom stereocenters. The molecule has 63 heavy (non-hydrogen) atoms. The van der Waals surface area contributed by atoms with Gasteiger partial charge in [0.05, 0.1) is 24.2 Å². The molecular formula is C48H57N9O6. The number of likely N-dealkylation sites (tertiary alicyclic amines) is 1. The van der Waals surface area contributed by atoms with Crippen molar-refractivity contribution in [3.63, 3.8) is 0 Å². The summed E-state index contributed by atoms with van der Waals surface area (Å²) in [5.74, 6) is -0.399. The Hall–Kier alpha value is -6.19. The summed E-state index contributed by atoms with van der Waals surface area (Å²) in [4.78, 5) is 80.6. The van der Waals surface area contributed by atoms with Gasteiger partial charge < -0.3 is 34.6 Å². The molecule has 0 radical (unpaired) electrons. The van der Waals surface area contributed by atoms with E-state index in [-0.39, 0.29) is 74.4 Å². The lowest BCUT2D eigenvalue weighted by Gasteiger charge is -2.55. The molecule has 9 rings (SSSR count). The molecule has 330 valence electrons. The van der Waals surface area contributed by atoms with Gasteiger partial charge in [-0.1, -0.05) is 66.7 Å². The average molecular weight is 856 g/mol. The number of hydrogen-bond acceptors (Lipinski definition) is 8. The molecule has 4 aliphatic heterocycles. The maximum Gasteiger partial charge on any atom is 0.334 e. The molecule has 1 aromatic heterocycles. The Kier molecular flexibility index (Phi) is 12.0. The van der Waals surface area contributed by atoms with Gasteiger partial charge in [-0.25, -0.2) is 14.8 Å². The number of phenolic OH excluding ortho intramolecular Hbond substituents is 1. The highest BCUT2D eigenvalue weighted by atomic mass is 16.3. The molecule has 15 heteroatoms. The van der Waals surface area contributed by atoms with Crippen LogP contribution >= 0.6 is 0 Å². The number of benzene rings is 3. The normalized spacial score (nSPS) is 21.5. The van der Waals surface area contributed by atoms with E-state index in [1.807, 2.05) is 76.1 Å². The molecular weight excluding hydrogens is 799 g/mol. The van der Waals surface area contributed by atoms with Crippen LogP contribution in [-0.2, 0) is 40.9 Å². The van der Waals surface area contributed by atoms with E-state index in [9.17, 15) is 29.1 Å². The molecule has 6 amide bonds. The first-order valence-electron chi connectivity index (χ1n) is 22.3. The van der Waals surface area contributed by atoms with Gasteiger partial charge in [-0.2, -0.15) is 0 Å². The molecule has 4 saturated heterocycles. The van der Waals surface area contributed by atoms with E-state index >= 15 is 0 Å². The summed E-state index contributed by atoms with van der Waals surface area (Å²) in [7, 11) is 1.90. The molecule has 1 saturated carbocycles. The number of aromatic nitrogens is 1. The summed E-state index contributed by atoms with van der Waals surface area (Å²) in [6, 6.07) is 21.3. The number of nitrogens with zero attached hydrogens (tertiary/aromatic N) is 8. The first-order chi connectivity index (χ1) is 30.6. The number of nitrogens with one attached hydrogen (secondary N) is 1. The highest BCUT2D eigenvalue weighted by molar-refractivity contribution is 6.08. The van der Waals surface area contributed by atoms with Crippen LogP contribution in [0.1, 0.15) is 52.7 Å². The van der Waals surface area contributed by atoms with E-state index in [0.717, 1.165) is 53.8 Å². The van der Waals surface area contributed by atoms with Gasteiger partial charge in [0, 0.05) is 95.9 Å². The number of fused-ring (bicyclic) bond motifs is 2. The summed E-state index contributed by atoms with van der Waals surface area (Å²) in [6.07, 6.45) is 6.65. The minimum absolute atomic E-state index is 0.0412. The van der Waals surface area contributed by atoms with Gasteiger partial charge >= 0.3 is 6.03 Å². The SMILES string of the molecule is C=CCN1CC(=O)N2[C@@H](Cc3ccc(O)cc3)C(=O)N(Cc3cccc4c(C(=O)N5CCC(C(=O)N6CCN(C7CC7)CC6)CC5)cn(C)c34)C[C@@H]2N1C(=O)NCc1ccccc1. The van der Waals surface area contributed by atoms with Gasteiger partial charge in [-0.05, 0) is 54.5 Å². The lowest BCUT2D eigenvalue weighted by atomic mass is 9.94. The third-order valence-electron chi connectivity index (χ3n) is 13.5. The maximum absolute atomic E-state index is 14.8. The van der Waals surface area contributed by atoms with E-state index in [2.05, 4.69) is 16.8 Å². The minimum Gasteiger partial charge on any atom is -0.508 e. The molecule has 5 aliphatic rings. The fraction of sp³-hybridized carbons (Fsp3) is 0.438. The number of rotatable bonds is 11. The van der Waals surface area contributed by atoms with Crippen molar-refractivity contribution in [1.29, 1.82) is 0 Å². The van der Waals surface area contributed by atoms with Crippen molar-refractivity contribution >= 4 is 40.6 Å². The molecule has 4 aromatic rings. The summed E-state index contributed by atoms with van der Waals surface area (Å²) in [5, 5.41) is 17.1. The smallest absolute Gasteiger partial charge is 0.334 e. The third-order valence-corrected chi connectivity index (χ3v) is 13.5. The van der Waals surface area contributed by atoms with Crippen molar-refractivity contribution in [3.05, 3.63) is 114 Å². The van der Waals surface area contributed by atoms with Crippen LogP contribution in [0.5, 0.6) is 5.75 Å². The number of urea groups is 1. The second-order valence-corrected chi connectivity index (χ2v) is 17.6. The second kappa shape index (κ2) is 17.9. The standard InChI is InChI=1S/C48H57N9O6/c1-3-20-55-32-43(59)56-41(27-33-12-16-38(58)17-13-33)47(62)54(31-42(56)57(55)48(63)49-28-34-8-5-4-6-9-34)29-36-10-7-11-39-40(30-50(2)44(36)39)46(61)52-21-18-35(19-22-52)45(60)53-25-23-51(24-26-53)37-14-15-37/h3-13,16-17,30,35,37,41-42,58H,1,14-15,18-29,31-32H2,2H3,(H,49,63)/t41-,42-/m0/s1. The zero-order valence-corrected chi connectivity index (χ0v) is 36.0. The number of carbonyl (C=O) groups is 5. The maximum atomic E-state index is 14.8. The largest absolute Gasteiger partial charge is 0.508 e. The van der Waals surface area contributed by atoms with E-state index in [1.54, 1.807) is 50.2 Å². The monoisotopic (exact) mass is 855 g/mol. The first-order valence-corrected chi connectivity index (χ1v) is 22.3. The van der Waals surface area contributed by atoms with Crippen molar-refractivity contribution in [1.82, 2.24) is 44.4 Å². The Morgan fingerprint density at radius 3 is 2.27 bits per heavy atom. The average Bonchev–Trinajstić information content (AvgIpc) is 4.10.